The number of nitrogens with zero attached hydrogens (tertiary/aromatic N) is 17. The number of halogens is 6. The Kier molecular flexibility index (Phi) is 21.2. The van der Waals surface area contributed by atoms with E-state index in [1.165, 1.54) is 172 Å². The molecule has 0 aliphatic heterocycles. The molecular formula is C73H70F6N24O10. The number of hydrogen-bond donors (Lipinski definition) is 7. The van der Waals surface area contributed by atoms with Gasteiger partial charge in [0.1, 0.15) is 98.4 Å². The number of anilines is 9. The summed E-state index contributed by atoms with van der Waals surface area (Å²) in [6.07, 6.45) is 8.12. The summed E-state index contributed by atoms with van der Waals surface area (Å²) >= 11 is 0. The van der Waals surface area contributed by atoms with Gasteiger partial charge in [0.25, 0.3) is 34.4 Å². The molecule has 0 spiro atoms. The van der Waals surface area contributed by atoms with Gasteiger partial charge in [-0.25, -0.2) is 65.8 Å². The SMILES string of the molecule is CN(C(=O)OC(C)(C)C)c1cc(Nc2cccn(-c3ncccc3F)c2=O)nc2c(C(=O)NC3C[C@@H]3F)cnn12.CN(C(=O)OC(C)(C)C)c1cc(Nc2cccn(-c3ncccc3F)c2=O)nc2c(C(=O)NC3C[C@@H]3F)cnn12.CNc1cc(Nc2cccn(-c3ncccc3F)c2=O)nc2c(C(=O)NC3C[C@@H]3F)cnn12. The van der Waals surface area contributed by atoms with Gasteiger partial charge in [0.15, 0.2) is 51.8 Å². The van der Waals surface area contributed by atoms with Crippen LogP contribution in [-0.2, 0) is 9.47 Å². The summed E-state index contributed by atoms with van der Waals surface area (Å²) in [6.45, 7) is 10.3. The van der Waals surface area contributed by atoms with Crippen molar-refractivity contribution in [1.82, 2.24) is 88.4 Å². The Labute approximate surface area is 634 Å². The highest BCUT2D eigenvalue weighted by atomic mass is 19.2. The van der Waals surface area contributed by atoms with Gasteiger partial charge in [-0.05, 0) is 114 Å². The number of alkyl halides is 3. The first-order valence-electron chi connectivity index (χ1n) is 34.7. The van der Waals surface area contributed by atoms with E-state index in [0.29, 0.717) is 5.82 Å². The first kappa shape index (κ1) is 77.1. The number of carbonyl (C=O) groups is 5. The monoisotopic (exact) mass is 1560 g/mol. The van der Waals surface area contributed by atoms with Crippen LogP contribution in [0.25, 0.3) is 34.4 Å². The number of hydrogen-bond acceptors (Lipinski definition) is 23. The van der Waals surface area contributed by atoms with Crippen LogP contribution in [0.4, 0.5) is 87.9 Å². The lowest BCUT2D eigenvalue weighted by Crippen LogP contribution is -2.35. The zero-order valence-electron chi connectivity index (χ0n) is 61.4. The largest absolute Gasteiger partial charge is 0.443 e. The van der Waals surface area contributed by atoms with Crippen molar-refractivity contribution < 1.29 is 59.8 Å². The summed E-state index contributed by atoms with van der Waals surface area (Å²) in [6, 6.07) is 19.6. The van der Waals surface area contributed by atoms with E-state index in [2.05, 4.69) is 82.4 Å². The van der Waals surface area contributed by atoms with Gasteiger partial charge in [0.05, 0.1) is 36.7 Å². The van der Waals surface area contributed by atoms with Crippen molar-refractivity contribution in [2.75, 3.05) is 52.2 Å². The Morgan fingerprint density at radius 2 is 0.761 bits per heavy atom. The normalized spacial score (nSPS) is 16.6. The quantitative estimate of drug-likeness (QED) is 0.0394. The van der Waals surface area contributed by atoms with E-state index in [4.69, 9.17) is 9.47 Å². The molecule has 113 heavy (non-hydrogen) atoms. The van der Waals surface area contributed by atoms with Crippen LogP contribution in [0.15, 0.2) is 161 Å². The predicted octanol–water partition coefficient (Wildman–Crippen LogP) is 8.78. The highest BCUT2D eigenvalue weighted by molar-refractivity contribution is 6.02. The molecule has 3 unspecified atom stereocenters. The first-order valence-corrected chi connectivity index (χ1v) is 34.7. The molecule has 3 aliphatic carbocycles. The van der Waals surface area contributed by atoms with Crippen LogP contribution >= 0.6 is 0 Å². The topological polar surface area (TPSA) is 390 Å². The lowest BCUT2D eigenvalue weighted by atomic mass is 10.2. The third-order valence-corrected chi connectivity index (χ3v) is 17.0. The Morgan fingerprint density at radius 1 is 0.460 bits per heavy atom. The van der Waals surface area contributed by atoms with E-state index >= 15 is 0 Å². The van der Waals surface area contributed by atoms with Gasteiger partial charge in [-0.3, -0.25) is 52.3 Å². The van der Waals surface area contributed by atoms with Crippen LogP contribution in [0.5, 0.6) is 0 Å². The van der Waals surface area contributed by atoms with Crippen molar-refractivity contribution in [2.45, 2.75) is 109 Å². The number of pyridine rings is 6. The molecule has 34 nitrogen and oxygen atoms in total. The second-order valence-corrected chi connectivity index (χ2v) is 27.8. The van der Waals surface area contributed by atoms with Crippen LogP contribution in [0.3, 0.4) is 0 Å². The molecule has 0 bridgehead atoms. The maximum Gasteiger partial charge on any atom is 0.415 e. The molecule has 584 valence electrons. The van der Waals surface area contributed by atoms with E-state index in [1.54, 1.807) is 60.7 Å². The minimum Gasteiger partial charge on any atom is -0.443 e. The Hall–Kier alpha value is -14.1. The molecule has 12 heterocycles. The molecule has 3 aliphatic rings. The van der Waals surface area contributed by atoms with E-state index < -0.39 is 112 Å². The van der Waals surface area contributed by atoms with E-state index in [-0.39, 0.29) is 116 Å². The third-order valence-electron chi connectivity index (χ3n) is 17.0. The van der Waals surface area contributed by atoms with Crippen LogP contribution in [0.2, 0.25) is 0 Å². The van der Waals surface area contributed by atoms with Crippen LogP contribution in [0.1, 0.15) is 91.9 Å². The molecule has 6 atom stereocenters. The number of fused-ring (bicyclic) bond motifs is 3. The highest BCUT2D eigenvalue weighted by Crippen LogP contribution is 2.32. The van der Waals surface area contributed by atoms with E-state index in [0.717, 1.165) is 13.7 Å². The predicted molar refractivity (Wildman–Crippen MR) is 399 cm³/mol. The van der Waals surface area contributed by atoms with Crippen molar-refractivity contribution in [3.8, 4) is 17.5 Å². The number of rotatable bonds is 18. The smallest absolute Gasteiger partial charge is 0.415 e. The van der Waals surface area contributed by atoms with Crippen molar-refractivity contribution in [2.24, 2.45) is 0 Å². The van der Waals surface area contributed by atoms with Crippen molar-refractivity contribution in [3.05, 3.63) is 212 Å². The molecule has 0 aromatic carbocycles. The summed E-state index contributed by atoms with van der Waals surface area (Å²) < 4.78 is 101. The minimum atomic E-state index is -1.12. The van der Waals surface area contributed by atoms with Crippen LogP contribution in [0, 0.1) is 17.5 Å². The van der Waals surface area contributed by atoms with Gasteiger partial charge in [-0.15, -0.1) is 0 Å². The molecular weight excluding hydrogens is 1490 g/mol. The number of aromatic nitrogens is 15. The first-order chi connectivity index (χ1) is 53.8. The second kappa shape index (κ2) is 31.1. The highest BCUT2D eigenvalue weighted by Gasteiger charge is 2.42. The van der Waals surface area contributed by atoms with E-state index in [9.17, 15) is 64.7 Å². The molecule has 15 rings (SSSR count). The summed E-state index contributed by atoms with van der Waals surface area (Å²) in [5.41, 5.74) is -2.73. The molecule has 0 radical (unpaired) electrons. The lowest BCUT2D eigenvalue weighted by molar-refractivity contribution is 0.0577. The average Bonchev–Trinajstić information content (AvgIpc) is 1.66. The minimum absolute atomic E-state index is 0.0130. The fourth-order valence-electron chi connectivity index (χ4n) is 11.1. The summed E-state index contributed by atoms with van der Waals surface area (Å²) in [4.78, 5) is 131. The van der Waals surface area contributed by atoms with E-state index in [1.807, 2.05) is 0 Å². The number of nitrogens with one attached hydrogen (secondary N) is 7. The molecule has 5 amide bonds. The molecule has 3 fully saturated rings. The number of carbonyl (C=O) groups excluding carboxylic acids is 5. The number of amides is 5. The van der Waals surface area contributed by atoms with Crippen LogP contribution < -0.4 is 63.7 Å². The zero-order chi connectivity index (χ0) is 80.6. The molecule has 12 aromatic rings. The molecule has 12 aromatic heterocycles. The maximum atomic E-state index is 14.4. The average molecular weight is 1560 g/mol. The zero-order valence-corrected chi connectivity index (χ0v) is 61.4. The molecule has 7 N–H and O–H groups in total. The van der Waals surface area contributed by atoms with Crippen molar-refractivity contribution in [1.29, 1.82) is 0 Å². The van der Waals surface area contributed by atoms with Gasteiger partial charge < -0.3 is 46.7 Å². The second-order valence-electron chi connectivity index (χ2n) is 27.8. The fraction of sp³-hybridized carbons (Fsp3) is 0.274. The Balaban J connectivity index is 0.000000149. The van der Waals surface area contributed by atoms with Crippen molar-refractivity contribution in [3.63, 3.8) is 0 Å². The van der Waals surface area contributed by atoms with Gasteiger partial charge in [0, 0.05) is 95.8 Å². The number of ether oxygens (including phenoxy) is 2. The van der Waals surface area contributed by atoms with Gasteiger partial charge in [-0.2, -0.15) is 28.8 Å². The van der Waals surface area contributed by atoms with Gasteiger partial charge >= 0.3 is 12.2 Å². The Morgan fingerprint density at radius 3 is 1.05 bits per heavy atom. The summed E-state index contributed by atoms with van der Waals surface area (Å²) in [7, 11) is 4.56. The summed E-state index contributed by atoms with van der Waals surface area (Å²) in [5.74, 6) is -3.04. The molecule has 3 saturated carbocycles. The van der Waals surface area contributed by atoms with Gasteiger partial charge in [0.2, 0.25) is 0 Å². The lowest BCUT2D eigenvalue weighted by Gasteiger charge is -2.25. The Bertz CT molecular complexity index is 5670. The van der Waals surface area contributed by atoms with Crippen molar-refractivity contribution >= 4 is 98.8 Å². The fourth-order valence-corrected chi connectivity index (χ4v) is 11.1. The standard InChI is InChI=1S/2C26H26F2N8O4.C21H18F2N8O2/c2*1-26(2,3)40-25(39)34(4)20-12-19(33-21-14(13-30-36(20)21)23(37)32-18-11-16(18)28)31-17-8-6-10-35(24(17)38)22-15(27)7-5-9-29-22;1-24-17-9-16(29-18-11(10-26-31(17)18)20(32)28-15-8-13(15)23)27-14-5-3-7-30(21(14)33)19-12(22)4-2-6-25-19/h2*5-10,12-13,16,18H,11H2,1-4H3,(H,31,33)(H,32,37);2-7,9-10,13,15,24H,8H2,1H3,(H,27,29)(H,28,32)/t2*16-,18?;13-,15?/m000/s1. The maximum absolute atomic E-state index is 14.4. The third kappa shape index (κ3) is 17.0. The van der Waals surface area contributed by atoms with Gasteiger partial charge in [-0.1, -0.05) is 0 Å². The van der Waals surface area contributed by atoms with Crippen LogP contribution in [-0.4, -0.2) is 171 Å². The molecule has 0 saturated heterocycles. The summed E-state index contributed by atoms with van der Waals surface area (Å²) in [5, 5.41) is 32.0. The molecule has 40 heteroatoms.